The van der Waals surface area contributed by atoms with Gasteiger partial charge in [0.2, 0.25) is 0 Å². The second-order valence-corrected chi connectivity index (χ2v) is 7.88. The molecule has 0 aliphatic carbocycles. The minimum atomic E-state index is -3.93. The fraction of sp³-hybridized carbons (Fsp3) is 0.214. The standard InChI is InChI=1S/C14H13NO5S2/c1-7-4-5-8-9(6-7)21-12-11(16)10(14(17)20-3)15(2)22(18,19)13(8)12/h4-6,16H,1-3H3. The molecule has 0 radical (unpaired) electrons. The summed E-state index contributed by atoms with van der Waals surface area (Å²) in [6, 6.07) is 5.36. The fourth-order valence-corrected chi connectivity index (χ4v) is 5.54. The number of aryl methyl sites for hydroxylation is 1. The summed E-state index contributed by atoms with van der Waals surface area (Å²) in [5.41, 5.74) is 0.604. The van der Waals surface area contributed by atoms with Gasteiger partial charge in [0.15, 0.2) is 11.5 Å². The van der Waals surface area contributed by atoms with Crippen LogP contribution in [0.5, 0.6) is 0 Å². The van der Waals surface area contributed by atoms with E-state index in [0.29, 0.717) is 5.39 Å². The number of aliphatic hydroxyl groups is 1. The monoisotopic (exact) mass is 339 g/mol. The predicted molar refractivity (Wildman–Crippen MR) is 83.1 cm³/mol. The number of carbonyl (C=O) groups is 1. The predicted octanol–water partition coefficient (Wildman–Crippen LogP) is 2.24. The molecule has 0 fully saturated rings. The molecule has 6 nitrogen and oxygen atoms in total. The molecule has 0 amide bonds. The van der Waals surface area contributed by atoms with Crippen LogP contribution < -0.4 is 0 Å². The molecule has 22 heavy (non-hydrogen) atoms. The van der Waals surface area contributed by atoms with Crippen LogP contribution in [0.4, 0.5) is 0 Å². The summed E-state index contributed by atoms with van der Waals surface area (Å²) in [4.78, 5) is 12.0. The molecule has 1 aromatic carbocycles. The van der Waals surface area contributed by atoms with Crippen molar-refractivity contribution < 1.29 is 23.1 Å². The van der Waals surface area contributed by atoms with Gasteiger partial charge in [0.25, 0.3) is 10.0 Å². The van der Waals surface area contributed by atoms with Gasteiger partial charge < -0.3 is 9.84 Å². The van der Waals surface area contributed by atoms with E-state index < -0.39 is 16.0 Å². The minimum absolute atomic E-state index is 0.0279. The first-order chi connectivity index (χ1) is 10.3. The molecule has 0 bridgehead atoms. The Balaban J connectivity index is 2.45. The third-order valence-electron chi connectivity index (χ3n) is 3.55. The van der Waals surface area contributed by atoms with Gasteiger partial charge in [-0.15, -0.1) is 11.3 Å². The molecule has 8 heteroatoms. The van der Waals surface area contributed by atoms with Crippen molar-refractivity contribution >= 4 is 43.2 Å². The van der Waals surface area contributed by atoms with E-state index in [1.54, 1.807) is 12.1 Å². The quantitative estimate of drug-likeness (QED) is 0.806. The zero-order valence-corrected chi connectivity index (χ0v) is 13.7. The van der Waals surface area contributed by atoms with Crippen molar-refractivity contribution in [2.45, 2.75) is 11.8 Å². The Morgan fingerprint density at radius 3 is 2.68 bits per heavy atom. The maximum absolute atomic E-state index is 12.7. The highest BCUT2D eigenvalue weighted by Gasteiger charge is 2.41. The number of hydrogen-bond acceptors (Lipinski definition) is 6. The topological polar surface area (TPSA) is 83.9 Å². The maximum Gasteiger partial charge on any atom is 0.359 e. The van der Waals surface area contributed by atoms with Gasteiger partial charge in [-0.2, -0.15) is 0 Å². The molecular weight excluding hydrogens is 326 g/mol. The first-order valence-corrected chi connectivity index (χ1v) is 8.58. The van der Waals surface area contributed by atoms with Crippen LogP contribution >= 0.6 is 11.3 Å². The van der Waals surface area contributed by atoms with Gasteiger partial charge in [-0.3, -0.25) is 4.31 Å². The zero-order chi connectivity index (χ0) is 16.2. The molecule has 0 spiro atoms. The molecule has 116 valence electrons. The van der Waals surface area contributed by atoms with Gasteiger partial charge in [0.1, 0.15) is 4.90 Å². The molecular formula is C14H13NO5S2. The molecule has 0 unspecified atom stereocenters. The highest BCUT2D eigenvalue weighted by Crippen LogP contribution is 2.44. The van der Waals surface area contributed by atoms with Crippen molar-refractivity contribution in [2.24, 2.45) is 0 Å². The number of benzene rings is 1. The minimum Gasteiger partial charge on any atom is -0.504 e. The molecule has 1 N–H and O–H groups in total. The van der Waals surface area contributed by atoms with Crippen molar-refractivity contribution in [2.75, 3.05) is 14.2 Å². The first kappa shape index (κ1) is 14.9. The second kappa shape index (κ2) is 4.72. The Kier molecular flexibility index (Phi) is 3.19. The van der Waals surface area contributed by atoms with E-state index in [0.717, 1.165) is 33.0 Å². The summed E-state index contributed by atoms with van der Waals surface area (Å²) in [6.45, 7) is 1.90. The fourth-order valence-electron chi connectivity index (χ4n) is 2.43. The summed E-state index contributed by atoms with van der Waals surface area (Å²) in [5.74, 6) is -1.28. The molecule has 1 aromatic heterocycles. The van der Waals surface area contributed by atoms with Gasteiger partial charge >= 0.3 is 5.97 Å². The average molecular weight is 339 g/mol. The largest absolute Gasteiger partial charge is 0.504 e. The van der Waals surface area contributed by atoms with E-state index in [1.165, 1.54) is 7.05 Å². The number of methoxy groups -OCH3 is 1. The van der Waals surface area contributed by atoms with Crippen molar-refractivity contribution in [3.63, 3.8) is 0 Å². The number of hydrogen-bond donors (Lipinski definition) is 1. The third-order valence-corrected chi connectivity index (χ3v) is 6.68. The van der Waals surface area contributed by atoms with Crippen LogP contribution in [0.1, 0.15) is 10.4 Å². The van der Waals surface area contributed by atoms with E-state index in [-0.39, 0.29) is 21.2 Å². The van der Waals surface area contributed by atoms with Crippen molar-refractivity contribution in [1.82, 2.24) is 4.31 Å². The zero-order valence-electron chi connectivity index (χ0n) is 12.1. The molecule has 1 aliphatic heterocycles. The number of ether oxygens (including phenoxy) is 1. The lowest BCUT2D eigenvalue weighted by molar-refractivity contribution is -0.137. The van der Waals surface area contributed by atoms with Gasteiger partial charge in [0, 0.05) is 17.1 Å². The van der Waals surface area contributed by atoms with E-state index in [9.17, 15) is 18.3 Å². The van der Waals surface area contributed by atoms with E-state index >= 15 is 0 Å². The smallest absolute Gasteiger partial charge is 0.359 e. The van der Waals surface area contributed by atoms with Crippen LogP contribution in [-0.2, 0) is 19.6 Å². The molecule has 2 aromatic rings. The lowest BCUT2D eigenvalue weighted by atomic mass is 10.2. The summed E-state index contributed by atoms with van der Waals surface area (Å²) >= 11 is 1.14. The summed E-state index contributed by atoms with van der Waals surface area (Å²) in [7, 11) is -1.58. The summed E-state index contributed by atoms with van der Waals surface area (Å²) < 4.78 is 31.5. The number of carbonyl (C=O) groups excluding carboxylic acids is 1. The van der Waals surface area contributed by atoms with E-state index in [4.69, 9.17) is 0 Å². The first-order valence-electron chi connectivity index (χ1n) is 6.33. The number of sulfonamides is 1. The Morgan fingerprint density at radius 1 is 1.36 bits per heavy atom. The van der Waals surface area contributed by atoms with Crippen LogP contribution in [-0.4, -0.2) is 38.0 Å². The molecule has 3 rings (SSSR count). The third kappa shape index (κ3) is 1.84. The lowest BCUT2D eigenvalue weighted by Crippen LogP contribution is -2.35. The highest BCUT2D eigenvalue weighted by atomic mass is 32.2. The number of rotatable bonds is 1. The van der Waals surface area contributed by atoms with Crippen LogP contribution in [0, 0.1) is 6.92 Å². The molecule has 2 heterocycles. The van der Waals surface area contributed by atoms with Crippen LogP contribution in [0.3, 0.4) is 0 Å². The van der Waals surface area contributed by atoms with E-state index in [2.05, 4.69) is 4.74 Å². The number of likely N-dealkylation sites (N-methyl/N-ethyl adjacent to an activating group) is 1. The number of aliphatic hydroxyl groups excluding tert-OH is 1. The normalized spacial score (nSPS) is 16.8. The Morgan fingerprint density at radius 2 is 2.05 bits per heavy atom. The van der Waals surface area contributed by atoms with Gasteiger partial charge in [-0.1, -0.05) is 12.1 Å². The van der Waals surface area contributed by atoms with Gasteiger partial charge in [-0.05, 0) is 18.6 Å². The van der Waals surface area contributed by atoms with Crippen LogP contribution in [0.15, 0.2) is 28.8 Å². The Hall–Kier alpha value is -2.06. The Labute approximate surface area is 131 Å². The SMILES string of the molecule is COC(=O)C1=C(O)c2sc3cc(C)ccc3c2S(=O)(=O)N1C. The molecule has 0 saturated carbocycles. The second-order valence-electron chi connectivity index (χ2n) is 4.92. The van der Waals surface area contributed by atoms with Crippen LogP contribution in [0.2, 0.25) is 0 Å². The van der Waals surface area contributed by atoms with Gasteiger partial charge in [-0.25, -0.2) is 13.2 Å². The number of thiophene rings is 1. The summed E-state index contributed by atoms with van der Waals surface area (Å²) in [6.07, 6.45) is 0. The van der Waals surface area contributed by atoms with Crippen molar-refractivity contribution in [3.8, 4) is 0 Å². The molecule has 0 atom stereocenters. The number of esters is 1. The summed E-state index contributed by atoms with van der Waals surface area (Å²) in [5, 5.41) is 10.9. The maximum atomic E-state index is 12.7. The van der Waals surface area contributed by atoms with Gasteiger partial charge in [0.05, 0.1) is 12.0 Å². The van der Waals surface area contributed by atoms with E-state index in [1.807, 2.05) is 13.0 Å². The average Bonchev–Trinajstić information content (AvgIpc) is 2.85. The lowest BCUT2D eigenvalue weighted by Gasteiger charge is -2.26. The van der Waals surface area contributed by atoms with Crippen molar-refractivity contribution in [1.29, 1.82) is 0 Å². The number of fused-ring (bicyclic) bond motifs is 3. The number of nitrogens with zero attached hydrogens (tertiary/aromatic N) is 1. The molecule has 0 saturated heterocycles. The van der Waals surface area contributed by atoms with Crippen LogP contribution in [0.25, 0.3) is 15.8 Å². The highest BCUT2D eigenvalue weighted by molar-refractivity contribution is 7.89. The molecule has 1 aliphatic rings. The Bertz CT molecular complexity index is 940. The van der Waals surface area contributed by atoms with Crippen molar-refractivity contribution in [3.05, 3.63) is 34.3 Å².